The molecular formula is C17H24Cl2O2. The lowest BCUT2D eigenvalue weighted by atomic mass is 9.98. The third-order valence-electron chi connectivity index (χ3n) is 3.62. The lowest BCUT2D eigenvalue weighted by Gasteiger charge is -2.14. The highest BCUT2D eigenvalue weighted by atomic mass is 35.5. The first-order valence-electron chi connectivity index (χ1n) is 7.69. The molecule has 0 aromatic heterocycles. The van der Waals surface area contributed by atoms with Crippen LogP contribution in [0.15, 0.2) is 18.2 Å². The molecule has 0 spiro atoms. The SMILES string of the molecule is CCCCCCC(CC)C(=O)OCc1ccc(Cl)cc1Cl. The number of hydrogen-bond acceptors (Lipinski definition) is 2. The largest absolute Gasteiger partial charge is 0.461 e. The van der Waals surface area contributed by atoms with Crippen molar-refractivity contribution in [2.45, 2.75) is 59.0 Å². The molecule has 1 atom stereocenters. The minimum absolute atomic E-state index is 0.00654. The summed E-state index contributed by atoms with van der Waals surface area (Å²) in [5.41, 5.74) is 0.787. The molecule has 1 unspecified atom stereocenters. The first-order valence-corrected chi connectivity index (χ1v) is 8.44. The van der Waals surface area contributed by atoms with E-state index in [1.165, 1.54) is 19.3 Å². The van der Waals surface area contributed by atoms with Crippen molar-refractivity contribution in [1.82, 2.24) is 0 Å². The summed E-state index contributed by atoms with van der Waals surface area (Å²) in [5, 5.41) is 1.11. The summed E-state index contributed by atoms with van der Waals surface area (Å²) < 4.78 is 5.39. The fourth-order valence-electron chi connectivity index (χ4n) is 2.21. The van der Waals surface area contributed by atoms with Gasteiger partial charge >= 0.3 is 5.97 Å². The highest BCUT2D eigenvalue weighted by Crippen LogP contribution is 2.23. The van der Waals surface area contributed by atoms with Crippen molar-refractivity contribution >= 4 is 29.2 Å². The second kappa shape index (κ2) is 10.1. The Hall–Kier alpha value is -0.730. The molecule has 0 saturated carbocycles. The van der Waals surface area contributed by atoms with E-state index in [0.717, 1.165) is 24.8 Å². The molecule has 0 N–H and O–H groups in total. The number of hydrogen-bond donors (Lipinski definition) is 0. The Bertz CT molecular complexity index is 446. The number of ether oxygens (including phenoxy) is 1. The average Bonchev–Trinajstić information content (AvgIpc) is 2.46. The fraction of sp³-hybridized carbons (Fsp3) is 0.588. The number of carbonyl (C=O) groups excluding carboxylic acids is 1. The lowest BCUT2D eigenvalue weighted by Crippen LogP contribution is -2.17. The van der Waals surface area contributed by atoms with Gasteiger partial charge in [0.25, 0.3) is 0 Å². The number of esters is 1. The molecule has 0 bridgehead atoms. The Morgan fingerprint density at radius 1 is 1.19 bits per heavy atom. The third-order valence-corrected chi connectivity index (χ3v) is 4.20. The standard InChI is InChI=1S/C17H24Cl2O2/c1-3-5-6-7-8-13(4-2)17(20)21-12-14-9-10-15(18)11-16(14)19/h9-11,13H,3-8,12H2,1-2H3. The number of rotatable bonds is 9. The van der Waals surface area contributed by atoms with E-state index in [2.05, 4.69) is 6.92 Å². The molecule has 0 saturated heterocycles. The zero-order valence-electron chi connectivity index (χ0n) is 12.8. The van der Waals surface area contributed by atoms with Gasteiger partial charge in [0, 0.05) is 15.6 Å². The van der Waals surface area contributed by atoms with Crippen molar-refractivity contribution in [3.05, 3.63) is 33.8 Å². The number of carbonyl (C=O) groups is 1. The highest BCUT2D eigenvalue weighted by Gasteiger charge is 2.18. The molecule has 0 aliphatic carbocycles. The lowest BCUT2D eigenvalue weighted by molar-refractivity contribution is -0.150. The molecule has 0 aliphatic heterocycles. The Kier molecular flexibility index (Phi) is 8.79. The second-order valence-electron chi connectivity index (χ2n) is 5.30. The van der Waals surface area contributed by atoms with Crippen molar-refractivity contribution in [2.75, 3.05) is 0 Å². The van der Waals surface area contributed by atoms with Crippen LogP contribution in [0.2, 0.25) is 10.0 Å². The van der Waals surface area contributed by atoms with E-state index < -0.39 is 0 Å². The summed E-state index contributed by atoms with van der Waals surface area (Å²) in [6.45, 7) is 4.42. The Labute approximate surface area is 137 Å². The smallest absolute Gasteiger partial charge is 0.309 e. The maximum absolute atomic E-state index is 12.1. The van der Waals surface area contributed by atoms with Gasteiger partial charge in [-0.2, -0.15) is 0 Å². The van der Waals surface area contributed by atoms with Gasteiger partial charge in [-0.15, -0.1) is 0 Å². The maximum atomic E-state index is 12.1. The van der Waals surface area contributed by atoms with Gasteiger partial charge in [0.05, 0.1) is 5.92 Å². The molecule has 0 heterocycles. The number of benzene rings is 1. The van der Waals surface area contributed by atoms with Gasteiger partial charge in [0.1, 0.15) is 6.61 Å². The van der Waals surface area contributed by atoms with Gasteiger partial charge < -0.3 is 4.74 Å². The van der Waals surface area contributed by atoms with Crippen LogP contribution < -0.4 is 0 Å². The van der Waals surface area contributed by atoms with E-state index in [-0.39, 0.29) is 18.5 Å². The quantitative estimate of drug-likeness (QED) is 0.408. The van der Waals surface area contributed by atoms with Crippen LogP contribution in [-0.2, 0) is 16.1 Å². The van der Waals surface area contributed by atoms with E-state index in [0.29, 0.717) is 10.0 Å². The summed E-state index contributed by atoms with van der Waals surface area (Å²) in [6.07, 6.45) is 6.43. The van der Waals surface area contributed by atoms with Crippen LogP contribution in [0.25, 0.3) is 0 Å². The number of unbranched alkanes of at least 4 members (excludes halogenated alkanes) is 3. The summed E-state index contributed by atoms with van der Waals surface area (Å²) in [4.78, 5) is 12.1. The zero-order valence-corrected chi connectivity index (χ0v) is 14.3. The zero-order chi connectivity index (χ0) is 15.7. The van der Waals surface area contributed by atoms with Crippen molar-refractivity contribution in [3.63, 3.8) is 0 Å². The van der Waals surface area contributed by atoms with E-state index in [1.54, 1.807) is 18.2 Å². The Morgan fingerprint density at radius 2 is 1.95 bits per heavy atom. The summed E-state index contributed by atoms with van der Waals surface area (Å²) in [5.74, 6) is -0.132. The van der Waals surface area contributed by atoms with E-state index in [1.807, 2.05) is 6.92 Å². The Balaban J connectivity index is 2.43. The van der Waals surface area contributed by atoms with Crippen LogP contribution in [0, 0.1) is 5.92 Å². The second-order valence-corrected chi connectivity index (χ2v) is 6.14. The first-order chi connectivity index (χ1) is 10.1. The monoisotopic (exact) mass is 330 g/mol. The molecule has 0 fully saturated rings. The molecule has 0 amide bonds. The molecule has 4 heteroatoms. The molecule has 0 radical (unpaired) electrons. The van der Waals surface area contributed by atoms with Crippen molar-refractivity contribution in [1.29, 1.82) is 0 Å². The molecule has 1 aromatic carbocycles. The maximum Gasteiger partial charge on any atom is 0.309 e. The van der Waals surface area contributed by atoms with Gasteiger partial charge in [0.15, 0.2) is 0 Å². The van der Waals surface area contributed by atoms with Crippen molar-refractivity contribution in [3.8, 4) is 0 Å². The predicted molar refractivity (Wildman–Crippen MR) is 88.8 cm³/mol. The highest BCUT2D eigenvalue weighted by molar-refractivity contribution is 6.35. The normalized spacial score (nSPS) is 12.2. The van der Waals surface area contributed by atoms with Gasteiger partial charge in [-0.3, -0.25) is 4.79 Å². The molecule has 1 aromatic rings. The predicted octanol–water partition coefficient (Wildman–Crippen LogP) is 6.03. The summed E-state index contributed by atoms with van der Waals surface area (Å²) in [6, 6.07) is 5.20. The van der Waals surface area contributed by atoms with Gasteiger partial charge in [-0.1, -0.05) is 68.8 Å². The molecule has 1 rings (SSSR count). The molecular weight excluding hydrogens is 307 g/mol. The van der Waals surface area contributed by atoms with Gasteiger partial charge in [0.2, 0.25) is 0 Å². The van der Waals surface area contributed by atoms with E-state index in [4.69, 9.17) is 27.9 Å². The van der Waals surface area contributed by atoms with E-state index in [9.17, 15) is 4.79 Å². The van der Waals surface area contributed by atoms with Crippen LogP contribution >= 0.6 is 23.2 Å². The van der Waals surface area contributed by atoms with Crippen LogP contribution in [0.3, 0.4) is 0 Å². The summed E-state index contributed by atoms with van der Waals surface area (Å²) >= 11 is 11.9. The van der Waals surface area contributed by atoms with Crippen LogP contribution in [0.4, 0.5) is 0 Å². The van der Waals surface area contributed by atoms with Gasteiger partial charge in [-0.05, 0) is 25.0 Å². The van der Waals surface area contributed by atoms with Crippen molar-refractivity contribution in [2.24, 2.45) is 5.92 Å². The van der Waals surface area contributed by atoms with Crippen LogP contribution in [0.5, 0.6) is 0 Å². The topological polar surface area (TPSA) is 26.3 Å². The molecule has 118 valence electrons. The molecule has 21 heavy (non-hydrogen) atoms. The number of halogens is 2. The fourth-order valence-corrected chi connectivity index (χ4v) is 2.67. The molecule has 2 nitrogen and oxygen atoms in total. The Morgan fingerprint density at radius 3 is 2.57 bits per heavy atom. The van der Waals surface area contributed by atoms with E-state index >= 15 is 0 Å². The van der Waals surface area contributed by atoms with Crippen molar-refractivity contribution < 1.29 is 9.53 Å². The average molecular weight is 331 g/mol. The van der Waals surface area contributed by atoms with Crippen LogP contribution in [0.1, 0.15) is 57.9 Å². The first kappa shape index (κ1) is 18.3. The third kappa shape index (κ3) is 6.71. The van der Waals surface area contributed by atoms with Crippen LogP contribution in [-0.4, -0.2) is 5.97 Å². The minimum Gasteiger partial charge on any atom is -0.461 e. The summed E-state index contributed by atoms with van der Waals surface area (Å²) in [7, 11) is 0. The molecule has 0 aliphatic rings. The van der Waals surface area contributed by atoms with Gasteiger partial charge in [-0.25, -0.2) is 0 Å². The minimum atomic E-state index is -0.125.